The number of hydrogen-bond donors (Lipinski definition) is 3. The summed E-state index contributed by atoms with van der Waals surface area (Å²) in [6.45, 7) is 0.243. The fourth-order valence-corrected chi connectivity index (χ4v) is 4.33. The van der Waals surface area contributed by atoms with E-state index >= 15 is 0 Å². The second-order valence-corrected chi connectivity index (χ2v) is 9.99. The third-order valence-electron chi connectivity index (χ3n) is 5.99. The van der Waals surface area contributed by atoms with Crippen LogP contribution in [0.3, 0.4) is 0 Å². The highest BCUT2D eigenvalue weighted by Crippen LogP contribution is 2.42. The van der Waals surface area contributed by atoms with Crippen molar-refractivity contribution >= 4 is 52.4 Å². The van der Waals surface area contributed by atoms with Gasteiger partial charge in [-0.25, -0.2) is 4.79 Å². The predicted molar refractivity (Wildman–Crippen MR) is 145 cm³/mol. The van der Waals surface area contributed by atoms with Gasteiger partial charge in [0.2, 0.25) is 0 Å². The number of carbonyl (C=O) groups is 2. The van der Waals surface area contributed by atoms with Crippen LogP contribution in [0.5, 0.6) is 5.75 Å². The van der Waals surface area contributed by atoms with Crippen LogP contribution in [0.4, 0.5) is 10.5 Å². The first-order chi connectivity index (χ1) is 17.8. The monoisotopic (exact) mass is 554 g/mol. The number of nitrogens with zero attached hydrogens (tertiary/aromatic N) is 2. The largest absolute Gasteiger partial charge is 0.507 e. The highest BCUT2D eigenvalue weighted by atomic mass is 35.5. The number of aromatic nitrogens is 2. The van der Waals surface area contributed by atoms with Crippen molar-refractivity contribution in [3.8, 4) is 17.0 Å². The highest BCUT2D eigenvalue weighted by molar-refractivity contribution is 6.42. The van der Waals surface area contributed by atoms with Crippen molar-refractivity contribution in [1.82, 2.24) is 15.1 Å². The molecule has 0 bridgehead atoms. The van der Waals surface area contributed by atoms with Gasteiger partial charge in [-0.2, -0.15) is 9.78 Å². The Balaban J connectivity index is 1.37. The van der Waals surface area contributed by atoms with Crippen LogP contribution in [-0.4, -0.2) is 26.8 Å². The molecule has 0 unspecified atom stereocenters. The van der Waals surface area contributed by atoms with Gasteiger partial charge in [0.1, 0.15) is 5.75 Å². The zero-order chi connectivity index (χ0) is 26.1. The van der Waals surface area contributed by atoms with Crippen molar-refractivity contribution in [1.29, 1.82) is 0 Å². The van der Waals surface area contributed by atoms with Gasteiger partial charge in [0.05, 0.1) is 21.4 Å². The van der Waals surface area contributed by atoms with Gasteiger partial charge >= 0.3 is 6.03 Å². The van der Waals surface area contributed by atoms with Crippen LogP contribution in [0.2, 0.25) is 15.1 Å². The van der Waals surface area contributed by atoms with Gasteiger partial charge in [-0.1, -0.05) is 40.9 Å². The highest BCUT2D eigenvalue weighted by Gasteiger charge is 2.31. The van der Waals surface area contributed by atoms with E-state index < -0.39 is 6.03 Å². The molecule has 37 heavy (non-hydrogen) atoms. The number of benzene rings is 3. The molecule has 0 saturated heterocycles. The minimum atomic E-state index is -0.397. The van der Waals surface area contributed by atoms with Crippen molar-refractivity contribution in [3.05, 3.63) is 98.6 Å². The average Bonchev–Trinajstić information content (AvgIpc) is 3.64. The lowest BCUT2D eigenvalue weighted by Gasteiger charge is -2.09. The summed E-state index contributed by atoms with van der Waals surface area (Å²) in [5, 5.41) is 22.1. The van der Waals surface area contributed by atoms with Crippen LogP contribution in [0.25, 0.3) is 11.3 Å². The maximum atomic E-state index is 13.0. The second kappa shape index (κ2) is 10.5. The number of halogens is 3. The van der Waals surface area contributed by atoms with Crippen LogP contribution in [-0.2, 0) is 6.54 Å². The number of hydrogen-bond acceptors (Lipinski definition) is 4. The maximum absolute atomic E-state index is 13.0. The zero-order valence-electron chi connectivity index (χ0n) is 19.3. The minimum Gasteiger partial charge on any atom is -0.507 e. The van der Waals surface area contributed by atoms with Gasteiger partial charge in [-0.15, -0.1) is 0 Å². The van der Waals surface area contributed by atoms with E-state index in [4.69, 9.17) is 34.8 Å². The topological polar surface area (TPSA) is 96.2 Å². The normalized spacial score (nSPS) is 12.8. The Bertz CT molecular complexity index is 1500. The number of anilines is 1. The summed E-state index contributed by atoms with van der Waals surface area (Å²) in [5.41, 5.74) is 3.29. The van der Waals surface area contributed by atoms with E-state index in [0.717, 1.165) is 24.1 Å². The van der Waals surface area contributed by atoms with Crippen LogP contribution in [0, 0.1) is 0 Å². The van der Waals surface area contributed by atoms with Crippen LogP contribution < -0.4 is 10.6 Å². The van der Waals surface area contributed by atoms with E-state index in [2.05, 4.69) is 15.7 Å². The summed E-state index contributed by atoms with van der Waals surface area (Å²) < 4.78 is 1.34. The molecule has 0 spiro atoms. The van der Waals surface area contributed by atoms with Crippen molar-refractivity contribution in [2.75, 3.05) is 5.32 Å². The summed E-state index contributed by atoms with van der Waals surface area (Å²) in [5.74, 6) is -0.126. The average molecular weight is 556 g/mol. The van der Waals surface area contributed by atoms with Crippen molar-refractivity contribution in [2.45, 2.75) is 25.3 Å². The molecule has 0 atom stereocenters. The van der Waals surface area contributed by atoms with Gasteiger partial charge in [0.15, 0.2) is 0 Å². The molecular weight excluding hydrogens is 535 g/mol. The molecule has 1 aliphatic rings. The van der Waals surface area contributed by atoms with Crippen molar-refractivity contribution in [2.24, 2.45) is 0 Å². The molecular formula is C27H21Cl3N4O3. The Morgan fingerprint density at radius 3 is 2.41 bits per heavy atom. The standard InChI is InChI=1S/C27H21Cl3N4O3/c28-18-6-4-17(5-7-18)26(36)32-19-8-10-25(35)20(12-19)23-13-24(16-2-3-16)34(33-23)27(37)31-14-15-1-9-21(29)22(30)11-15/h1,4-13,16,35H,2-3,14H2,(H,31,37)(H,32,36). The molecule has 1 fully saturated rings. The van der Waals surface area contributed by atoms with Gasteiger partial charge in [0, 0.05) is 34.3 Å². The first kappa shape index (κ1) is 25.1. The number of nitrogens with one attached hydrogen (secondary N) is 2. The number of phenols is 1. The lowest BCUT2D eigenvalue weighted by atomic mass is 10.1. The molecule has 1 saturated carbocycles. The van der Waals surface area contributed by atoms with Gasteiger partial charge < -0.3 is 15.7 Å². The summed E-state index contributed by atoms with van der Waals surface area (Å²) in [6, 6.07) is 17.8. The molecule has 188 valence electrons. The molecule has 1 heterocycles. The van der Waals surface area contributed by atoms with Gasteiger partial charge in [-0.3, -0.25) is 4.79 Å². The smallest absolute Gasteiger partial charge is 0.342 e. The van der Waals surface area contributed by atoms with Crippen molar-refractivity contribution < 1.29 is 14.7 Å². The molecule has 2 amide bonds. The van der Waals surface area contributed by atoms with E-state index in [-0.39, 0.29) is 24.1 Å². The van der Waals surface area contributed by atoms with Crippen LogP contribution >= 0.6 is 34.8 Å². The third kappa shape index (κ3) is 5.74. The van der Waals surface area contributed by atoms with Crippen LogP contribution in [0.1, 0.15) is 40.4 Å². The third-order valence-corrected chi connectivity index (χ3v) is 6.98. The number of amides is 2. The first-order valence-electron chi connectivity index (χ1n) is 11.5. The Kier molecular flexibility index (Phi) is 7.11. The molecule has 0 radical (unpaired) electrons. The second-order valence-electron chi connectivity index (χ2n) is 8.74. The SMILES string of the molecule is O=C(Nc1ccc(O)c(-c2cc(C3CC3)n(C(=O)NCc3ccc(Cl)c(Cl)c3)n2)c1)c1ccc(Cl)cc1. The summed E-state index contributed by atoms with van der Waals surface area (Å²) >= 11 is 17.9. The Morgan fingerprint density at radius 2 is 1.70 bits per heavy atom. The molecule has 7 nitrogen and oxygen atoms in total. The van der Waals surface area contributed by atoms with E-state index in [1.165, 1.54) is 10.7 Å². The fraction of sp³-hybridized carbons (Fsp3) is 0.148. The number of phenolic OH excluding ortho intramolecular Hbond substituents is 1. The summed E-state index contributed by atoms with van der Waals surface area (Å²) in [7, 11) is 0. The van der Waals surface area contributed by atoms with Crippen LogP contribution in [0.15, 0.2) is 66.7 Å². The molecule has 4 aromatic rings. The first-order valence-corrected chi connectivity index (χ1v) is 12.6. The molecule has 3 N–H and O–H groups in total. The number of aromatic hydroxyl groups is 1. The minimum absolute atomic E-state index is 0.0206. The maximum Gasteiger partial charge on any atom is 0.342 e. The Morgan fingerprint density at radius 1 is 0.946 bits per heavy atom. The zero-order valence-corrected chi connectivity index (χ0v) is 21.6. The molecule has 1 aliphatic carbocycles. The predicted octanol–water partition coefficient (Wildman–Crippen LogP) is 7.10. The van der Waals surface area contributed by atoms with Gasteiger partial charge in [0.25, 0.3) is 5.91 Å². The molecule has 3 aromatic carbocycles. The van der Waals surface area contributed by atoms with Gasteiger partial charge in [-0.05, 0) is 79.1 Å². The molecule has 10 heteroatoms. The number of rotatable bonds is 6. The molecule has 1 aromatic heterocycles. The Hall–Kier alpha value is -3.52. The Labute approximate surface area is 228 Å². The summed E-state index contributed by atoms with van der Waals surface area (Å²) in [4.78, 5) is 25.7. The van der Waals surface area contributed by atoms with E-state index in [1.807, 2.05) is 0 Å². The van der Waals surface area contributed by atoms with Crippen molar-refractivity contribution in [3.63, 3.8) is 0 Å². The lowest BCUT2D eigenvalue weighted by molar-refractivity contribution is 0.102. The van der Waals surface area contributed by atoms with E-state index in [1.54, 1.807) is 60.7 Å². The van der Waals surface area contributed by atoms with E-state index in [0.29, 0.717) is 37.6 Å². The lowest BCUT2D eigenvalue weighted by Crippen LogP contribution is -2.30. The fourth-order valence-electron chi connectivity index (χ4n) is 3.89. The quantitative estimate of drug-likeness (QED) is 0.221. The summed E-state index contributed by atoms with van der Waals surface area (Å²) in [6.07, 6.45) is 1.91. The molecule has 0 aliphatic heterocycles. The number of carbonyl (C=O) groups excluding carboxylic acids is 2. The molecule has 5 rings (SSSR count). The van der Waals surface area contributed by atoms with E-state index in [9.17, 15) is 14.7 Å².